The Balaban J connectivity index is 1.55. The van der Waals surface area contributed by atoms with E-state index in [0.717, 1.165) is 35.7 Å². The molecule has 2 aliphatic rings. The average molecular weight is 424 g/mol. The van der Waals surface area contributed by atoms with Crippen molar-refractivity contribution in [2.45, 2.75) is 39.8 Å². The molecule has 164 valence electrons. The van der Waals surface area contributed by atoms with Crippen molar-refractivity contribution in [1.29, 1.82) is 0 Å². The van der Waals surface area contributed by atoms with Crippen molar-refractivity contribution in [2.24, 2.45) is 0 Å². The number of para-hydroxylation sites is 2. The van der Waals surface area contributed by atoms with Crippen LogP contribution in [-0.4, -0.2) is 49.1 Å². The molecule has 1 N–H and O–H groups in total. The number of ether oxygens (including phenoxy) is 2. The van der Waals surface area contributed by atoms with E-state index in [1.54, 1.807) is 4.90 Å². The fraction of sp³-hybridized carbons (Fsp3) is 0.417. The standard InChI is InChI=1S/C24H29N3O4/c1-4-30-21-12-17-10-11-26(14-18(17)13-22(21)31-5-2)16(3)24(29)27-15-23(28)25-19-8-6-7-9-20(19)27/h6-9,12-13,16H,4-5,10-11,14-15H2,1-3H3,(H,25,28)/t16-/m0/s1. The summed E-state index contributed by atoms with van der Waals surface area (Å²) in [7, 11) is 0. The van der Waals surface area contributed by atoms with Gasteiger partial charge < -0.3 is 14.8 Å². The van der Waals surface area contributed by atoms with Gasteiger partial charge in [-0.3, -0.25) is 19.4 Å². The van der Waals surface area contributed by atoms with Crippen molar-refractivity contribution >= 4 is 23.2 Å². The third-order valence-electron chi connectivity index (χ3n) is 5.85. The smallest absolute Gasteiger partial charge is 0.244 e. The van der Waals surface area contributed by atoms with E-state index in [1.807, 2.05) is 51.1 Å². The van der Waals surface area contributed by atoms with Gasteiger partial charge in [-0.2, -0.15) is 0 Å². The van der Waals surface area contributed by atoms with E-state index in [4.69, 9.17) is 9.47 Å². The highest BCUT2D eigenvalue weighted by atomic mass is 16.5. The van der Waals surface area contributed by atoms with E-state index in [-0.39, 0.29) is 24.4 Å². The summed E-state index contributed by atoms with van der Waals surface area (Å²) in [5.41, 5.74) is 3.80. The van der Waals surface area contributed by atoms with Crippen LogP contribution in [0.5, 0.6) is 11.5 Å². The Morgan fingerprint density at radius 3 is 2.45 bits per heavy atom. The van der Waals surface area contributed by atoms with Crippen LogP contribution in [-0.2, 0) is 22.6 Å². The molecular weight excluding hydrogens is 394 g/mol. The minimum absolute atomic E-state index is 0.0385. The van der Waals surface area contributed by atoms with E-state index >= 15 is 0 Å². The van der Waals surface area contributed by atoms with Crippen LogP contribution in [0.1, 0.15) is 31.9 Å². The maximum absolute atomic E-state index is 13.4. The predicted octanol–water partition coefficient (Wildman–Crippen LogP) is 3.22. The molecule has 0 bridgehead atoms. The Kier molecular flexibility index (Phi) is 6.13. The van der Waals surface area contributed by atoms with Gasteiger partial charge in [-0.05, 0) is 62.6 Å². The molecular formula is C24H29N3O4. The van der Waals surface area contributed by atoms with Crippen molar-refractivity contribution in [3.05, 3.63) is 47.5 Å². The number of nitrogens with one attached hydrogen (secondary N) is 1. The van der Waals surface area contributed by atoms with Crippen LogP contribution in [0.25, 0.3) is 0 Å². The van der Waals surface area contributed by atoms with Crippen LogP contribution in [0.4, 0.5) is 11.4 Å². The number of fused-ring (bicyclic) bond motifs is 2. The lowest BCUT2D eigenvalue weighted by Gasteiger charge is -2.37. The predicted molar refractivity (Wildman–Crippen MR) is 120 cm³/mol. The molecule has 0 saturated heterocycles. The van der Waals surface area contributed by atoms with Crippen molar-refractivity contribution in [3.8, 4) is 11.5 Å². The number of rotatable bonds is 6. The van der Waals surface area contributed by atoms with Crippen LogP contribution >= 0.6 is 0 Å². The lowest BCUT2D eigenvalue weighted by Crippen LogP contribution is -2.52. The zero-order valence-electron chi connectivity index (χ0n) is 18.3. The molecule has 2 aliphatic heterocycles. The summed E-state index contributed by atoms with van der Waals surface area (Å²) >= 11 is 0. The largest absolute Gasteiger partial charge is 0.490 e. The third-order valence-corrected chi connectivity index (χ3v) is 5.85. The molecule has 1 atom stereocenters. The number of hydrogen-bond acceptors (Lipinski definition) is 5. The zero-order chi connectivity index (χ0) is 22.0. The summed E-state index contributed by atoms with van der Waals surface area (Å²) in [4.78, 5) is 29.3. The highest BCUT2D eigenvalue weighted by Gasteiger charge is 2.33. The number of hydrogen-bond donors (Lipinski definition) is 1. The van der Waals surface area contributed by atoms with Crippen molar-refractivity contribution in [1.82, 2.24) is 4.90 Å². The van der Waals surface area contributed by atoms with Gasteiger partial charge in [0.2, 0.25) is 11.8 Å². The zero-order valence-corrected chi connectivity index (χ0v) is 18.3. The van der Waals surface area contributed by atoms with Gasteiger partial charge in [0.15, 0.2) is 11.5 Å². The molecule has 0 aliphatic carbocycles. The Morgan fingerprint density at radius 1 is 1.06 bits per heavy atom. The second kappa shape index (κ2) is 8.98. The first-order valence-electron chi connectivity index (χ1n) is 10.9. The molecule has 7 nitrogen and oxygen atoms in total. The first kappa shape index (κ1) is 21.2. The maximum Gasteiger partial charge on any atom is 0.244 e. The van der Waals surface area contributed by atoms with Gasteiger partial charge >= 0.3 is 0 Å². The molecule has 2 heterocycles. The van der Waals surface area contributed by atoms with E-state index < -0.39 is 0 Å². The van der Waals surface area contributed by atoms with Gasteiger partial charge in [-0.25, -0.2) is 0 Å². The monoisotopic (exact) mass is 423 g/mol. The van der Waals surface area contributed by atoms with E-state index in [2.05, 4.69) is 16.3 Å². The van der Waals surface area contributed by atoms with Gasteiger partial charge in [-0.1, -0.05) is 12.1 Å². The van der Waals surface area contributed by atoms with Crippen molar-refractivity contribution in [3.63, 3.8) is 0 Å². The van der Waals surface area contributed by atoms with Crippen molar-refractivity contribution < 1.29 is 19.1 Å². The molecule has 7 heteroatoms. The molecule has 0 spiro atoms. The normalized spacial score (nSPS) is 16.7. The first-order chi connectivity index (χ1) is 15.0. The Hall–Kier alpha value is -3.06. The molecule has 2 aromatic carbocycles. The lowest BCUT2D eigenvalue weighted by atomic mass is 9.97. The van der Waals surface area contributed by atoms with Gasteiger partial charge in [0.05, 0.1) is 30.6 Å². The van der Waals surface area contributed by atoms with Gasteiger partial charge in [0.25, 0.3) is 0 Å². The number of carbonyl (C=O) groups excluding carboxylic acids is 2. The van der Waals surface area contributed by atoms with Gasteiger partial charge in [0.1, 0.15) is 6.54 Å². The summed E-state index contributed by atoms with van der Waals surface area (Å²) < 4.78 is 11.5. The molecule has 0 unspecified atom stereocenters. The quantitative estimate of drug-likeness (QED) is 0.773. The summed E-state index contributed by atoms with van der Waals surface area (Å²) in [6.45, 7) is 8.43. The minimum Gasteiger partial charge on any atom is -0.490 e. The van der Waals surface area contributed by atoms with Crippen LogP contribution in [0.15, 0.2) is 36.4 Å². The molecule has 2 aromatic rings. The highest BCUT2D eigenvalue weighted by molar-refractivity contribution is 6.11. The molecule has 0 fully saturated rings. The second-order valence-corrected chi connectivity index (χ2v) is 7.82. The molecule has 31 heavy (non-hydrogen) atoms. The van der Waals surface area contributed by atoms with Crippen molar-refractivity contribution in [2.75, 3.05) is 36.5 Å². The molecule has 4 rings (SSSR count). The van der Waals surface area contributed by atoms with Crippen LogP contribution in [0.2, 0.25) is 0 Å². The number of benzene rings is 2. The number of nitrogens with zero attached hydrogens (tertiary/aromatic N) is 2. The Bertz CT molecular complexity index is 991. The SMILES string of the molecule is CCOc1cc2c(cc1OCC)CN([C@@H](C)C(=O)N1CC(=O)Nc3ccccc31)CC2. The Morgan fingerprint density at radius 2 is 1.74 bits per heavy atom. The van der Waals surface area contributed by atoms with Crippen LogP contribution in [0.3, 0.4) is 0 Å². The second-order valence-electron chi connectivity index (χ2n) is 7.82. The summed E-state index contributed by atoms with van der Waals surface area (Å²) in [6.07, 6.45) is 0.830. The first-order valence-corrected chi connectivity index (χ1v) is 10.9. The van der Waals surface area contributed by atoms with E-state index in [9.17, 15) is 9.59 Å². The Labute approximate surface area is 182 Å². The third kappa shape index (κ3) is 4.23. The van der Waals surface area contributed by atoms with E-state index in [1.165, 1.54) is 5.56 Å². The fourth-order valence-electron chi connectivity index (χ4n) is 4.26. The average Bonchev–Trinajstić information content (AvgIpc) is 2.78. The van der Waals surface area contributed by atoms with Gasteiger partial charge in [0, 0.05) is 13.1 Å². The minimum atomic E-state index is -0.353. The summed E-state index contributed by atoms with van der Waals surface area (Å²) in [5, 5.41) is 2.84. The number of amides is 2. The van der Waals surface area contributed by atoms with Gasteiger partial charge in [-0.15, -0.1) is 0 Å². The molecule has 2 amide bonds. The molecule has 0 radical (unpaired) electrons. The summed E-state index contributed by atoms with van der Waals surface area (Å²) in [6, 6.07) is 11.2. The van der Waals surface area contributed by atoms with Crippen LogP contribution < -0.4 is 19.7 Å². The highest BCUT2D eigenvalue weighted by Crippen LogP contribution is 2.35. The van der Waals surface area contributed by atoms with E-state index in [0.29, 0.717) is 25.4 Å². The van der Waals surface area contributed by atoms with Crippen LogP contribution in [0, 0.1) is 0 Å². The maximum atomic E-state index is 13.4. The molecule has 0 saturated carbocycles. The summed E-state index contributed by atoms with van der Waals surface area (Å²) in [5.74, 6) is 1.27. The fourth-order valence-corrected chi connectivity index (χ4v) is 4.26. The molecule has 0 aromatic heterocycles. The number of anilines is 2. The lowest BCUT2D eigenvalue weighted by molar-refractivity contribution is -0.125. The number of carbonyl (C=O) groups is 2. The topological polar surface area (TPSA) is 71.1 Å².